The SMILES string of the molecule is COc1cccc(CCNc2cc(C(=O)NCc3ccncc3)nc(C)n2)c1. The van der Waals surface area contributed by atoms with Crippen molar-refractivity contribution in [2.75, 3.05) is 19.0 Å². The molecule has 0 spiro atoms. The lowest BCUT2D eigenvalue weighted by Crippen LogP contribution is -2.24. The molecule has 0 aliphatic rings. The first-order valence-electron chi connectivity index (χ1n) is 9.03. The third kappa shape index (κ3) is 5.51. The Kier molecular flexibility index (Phi) is 6.51. The quantitative estimate of drug-likeness (QED) is 0.627. The van der Waals surface area contributed by atoms with Gasteiger partial charge in [0.2, 0.25) is 0 Å². The van der Waals surface area contributed by atoms with E-state index >= 15 is 0 Å². The van der Waals surface area contributed by atoms with Crippen molar-refractivity contribution in [1.29, 1.82) is 0 Å². The summed E-state index contributed by atoms with van der Waals surface area (Å²) in [6, 6.07) is 13.3. The van der Waals surface area contributed by atoms with Crippen LogP contribution < -0.4 is 15.4 Å². The summed E-state index contributed by atoms with van der Waals surface area (Å²) in [7, 11) is 1.66. The van der Waals surface area contributed by atoms with Crippen LogP contribution in [0.5, 0.6) is 5.75 Å². The number of nitrogens with one attached hydrogen (secondary N) is 2. The number of amides is 1. The van der Waals surface area contributed by atoms with Gasteiger partial charge in [-0.2, -0.15) is 0 Å². The molecule has 0 fully saturated rings. The van der Waals surface area contributed by atoms with E-state index in [0.717, 1.165) is 23.3 Å². The Morgan fingerprint density at radius 1 is 1.07 bits per heavy atom. The maximum atomic E-state index is 12.4. The normalized spacial score (nSPS) is 10.4. The van der Waals surface area contributed by atoms with E-state index in [0.29, 0.717) is 30.4 Å². The molecule has 0 saturated carbocycles. The van der Waals surface area contributed by atoms with Gasteiger partial charge < -0.3 is 15.4 Å². The number of ether oxygens (including phenoxy) is 1. The number of aromatic nitrogens is 3. The van der Waals surface area contributed by atoms with Crippen LogP contribution >= 0.6 is 0 Å². The molecule has 7 nitrogen and oxygen atoms in total. The Labute approximate surface area is 164 Å². The molecule has 2 aromatic heterocycles. The van der Waals surface area contributed by atoms with Crippen LogP contribution in [-0.4, -0.2) is 34.5 Å². The maximum absolute atomic E-state index is 12.4. The molecule has 2 N–H and O–H groups in total. The minimum Gasteiger partial charge on any atom is -0.497 e. The molecule has 3 aromatic rings. The lowest BCUT2D eigenvalue weighted by molar-refractivity contribution is 0.0945. The Morgan fingerprint density at radius 2 is 1.89 bits per heavy atom. The van der Waals surface area contributed by atoms with Crippen LogP contribution in [-0.2, 0) is 13.0 Å². The number of rotatable bonds is 8. The van der Waals surface area contributed by atoms with E-state index in [4.69, 9.17) is 4.74 Å². The summed E-state index contributed by atoms with van der Waals surface area (Å²) < 4.78 is 5.24. The van der Waals surface area contributed by atoms with Crippen LogP contribution in [0.1, 0.15) is 27.4 Å². The molecule has 0 aliphatic carbocycles. The van der Waals surface area contributed by atoms with Gasteiger partial charge >= 0.3 is 0 Å². The zero-order chi connectivity index (χ0) is 19.8. The Balaban J connectivity index is 1.58. The lowest BCUT2D eigenvalue weighted by atomic mass is 10.1. The molecule has 0 saturated heterocycles. The average molecular weight is 377 g/mol. The fraction of sp³-hybridized carbons (Fsp3) is 0.238. The minimum absolute atomic E-state index is 0.238. The highest BCUT2D eigenvalue weighted by molar-refractivity contribution is 5.92. The summed E-state index contributed by atoms with van der Waals surface area (Å²) in [6.45, 7) is 2.87. The van der Waals surface area contributed by atoms with Crippen molar-refractivity contribution in [2.45, 2.75) is 19.9 Å². The predicted octanol–water partition coefficient (Wildman–Crippen LogP) is 2.77. The second-order valence-corrected chi connectivity index (χ2v) is 6.25. The van der Waals surface area contributed by atoms with E-state index in [2.05, 4.69) is 25.6 Å². The second-order valence-electron chi connectivity index (χ2n) is 6.25. The standard InChI is InChI=1S/C21H23N5O2/c1-15-25-19(21(27)24-14-17-6-9-22-10-7-17)13-20(26-15)23-11-8-16-4-3-5-18(12-16)28-2/h3-7,9-10,12-13H,8,11,14H2,1-2H3,(H,24,27)(H,23,25,26). The summed E-state index contributed by atoms with van der Waals surface area (Å²) in [6.07, 6.45) is 4.20. The average Bonchev–Trinajstić information content (AvgIpc) is 2.72. The van der Waals surface area contributed by atoms with Crippen molar-refractivity contribution in [3.63, 3.8) is 0 Å². The molecule has 1 amide bonds. The number of methoxy groups -OCH3 is 1. The van der Waals surface area contributed by atoms with E-state index in [-0.39, 0.29) is 5.91 Å². The topological polar surface area (TPSA) is 89.0 Å². The van der Waals surface area contributed by atoms with Crippen LogP contribution in [0.3, 0.4) is 0 Å². The first kappa shape index (κ1) is 19.3. The van der Waals surface area contributed by atoms with Gasteiger partial charge in [0.1, 0.15) is 23.1 Å². The summed E-state index contributed by atoms with van der Waals surface area (Å²) >= 11 is 0. The largest absolute Gasteiger partial charge is 0.497 e. The van der Waals surface area contributed by atoms with E-state index in [1.165, 1.54) is 0 Å². The summed E-state index contributed by atoms with van der Waals surface area (Å²) in [4.78, 5) is 25.0. The van der Waals surface area contributed by atoms with Gasteiger partial charge in [0, 0.05) is 31.5 Å². The number of nitrogens with zero attached hydrogens (tertiary/aromatic N) is 3. The van der Waals surface area contributed by atoms with Crippen molar-refractivity contribution in [1.82, 2.24) is 20.3 Å². The fourth-order valence-corrected chi connectivity index (χ4v) is 2.71. The smallest absolute Gasteiger partial charge is 0.270 e. The molecule has 0 radical (unpaired) electrons. The number of aryl methyl sites for hydroxylation is 1. The third-order valence-corrected chi connectivity index (χ3v) is 4.13. The summed E-state index contributed by atoms with van der Waals surface area (Å²) in [5.41, 5.74) is 2.48. The molecule has 1 aromatic carbocycles. The molecule has 7 heteroatoms. The second kappa shape index (κ2) is 9.45. The molecular formula is C21H23N5O2. The van der Waals surface area contributed by atoms with E-state index < -0.39 is 0 Å². The monoisotopic (exact) mass is 377 g/mol. The van der Waals surface area contributed by atoms with E-state index in [9.17, 15) is 4.79 Å². The zero-order valence-electron chi connectivity index (χ0n) is 16.0. The molecule has 0 atom stereocenters. The number of pyridine rings is 1. The predicted molar refractivity (Wildman–Crippen MR) is 107 cm³/mol. The van der Waals surface area contributed by atoms with Crippen molar-refractivity contribution < 1.29 is 9.53 Å². The minimum atomic E-state index is -0.238. The van der Waals surface area contributed by atoms with Crippen LogP contribution in [0.15, 0.2) is 54.9 Å². The maximum Gasteiger partial charge on any atom is 0.270 e. The van der Waals surface area contributed by atoms with Gasteiger partial charge in [0.05, 0.1) is 7.11 Å². The number of hydrogen-bond acceptors (Lipinski definition) is 6. The molecule has 28 heavy (non-hydrogen) atoms. The van der Waals surface area contributed by atoms with Gasteiger partial charge in [-0.15, -0.1) is 0 Å². The zero-order valence-corrected chi connectivity index (χ0v) is 16.0. The highest BCUT2D eigenvalue weighted by atomic mass is 16.5. The highest BCUT2D eigenvalue weighted by Gasteiger charge is 2.10. The molecule has 0 unspecified atom stereocenters. The number of anilines is 1. The molecule has 144 valence electrons. The number of carbonyl (C=O) groups excluding carboxylic acids is 1. The number of benzene rings is 1. The van der Waals surface area contributed by atoms with E-state index in [1.807, 2.05) is 36.4 Å². The van der Waals surface area contributed by atoms with Gasteiger partial charge in [-0.05, 0) is 48.7 Å². The summed E-state index contributed by atoms with van der Waals surface area (Å²) in [5, 5.41) is 6.13. The van der Waals surface area contributed by atoms with Crippen LogP contribution in [0, 0.1) is 6.92 Å². The first-order chi connectivity index (χ1) is 13.6. The van der Waals surface area contributed by atoms with Crippen LogP contribution in [0.25, 0.3) is 0 Å². The van der Waals surface area contributed by atoms with E-state index in [1.54, 1.807) is 32.5 Å². The Morgan fingerprint density at radius 3 is 2.68 bits per heavy atom. The van der Waals surface area contributed by atoms with Crippen molar-refractivity contribution in [3.8, 4) is 5.75 Å². The molecule has 2 heterocycles. The molecule has 3 rings (SSSR count). The first-order valence-corrected chi connectivity index (χ1v) is 9.03. The highest BCUT2D eigenvalue weighted by Crippen LogP contribution is 2.13. The van der Waals surface area contributed by atoms with Crippen molar-refractivity contribution >= 4 is 11.7 Å². The van der Waals surface area contributed by atoms with Crippen molar-refractivity contribution in [3.05, 3.63) is 77.5 Å². The van der Waals surface area contributed by atoms with Crippen LogP contribution in [0.4, 0.5) is 5.82 Å². The van der Waals surface area contributed by atoms with Gasteiger partial charge in [0.25, 0.3) is 5.91 Å². The fourth-order valence-electron chi connectivity index (χ4n) is 2.71. The number of carbonyl (C=O) groups is 1. The van der Waals surface area contributed by atoms with Gasteiger partial charge in [0.15, 0.2) is 0 Å². The van der Waals surface area contributed by atoms with Crippen LogP contribution in [0.2, 0.25) is 0 Å². The van der Waals surface area contributed by atoms with Gasteiger partial charge in [-0.3, -0.25) is 9.78 Å². The Bertz CT molecular complexity index is 931. The third-order valence-electron chi connectivity index (χ3n) is 4.13. The summed E-state index contributed by atoms with van der Waals surface area (Å²) in [5.74, 6) is 1.77. The Hall–Kier alpha value is -3.48. The lowest BCUT2D eigenvalue weighted by Gasteiger charge is -2.10. The number of hydrogen-bond donors (Lipinski definition) is 2. The molecular weight excluding hydrogens is 354 g/mol. The molecule has 0 bridgehead atoms. The van der Waals surface area contributed by atoms with Crippen molar-refractivity contribution in [2.24, 2.45) is 0 Å². The molecule has 0 aliphatic heterocycles. The van der Waals surface area contributed by atoms with Gasteiger partial charge in [-0.1, -0.05) is 12.1 Å². The van der Waals surface area contributed by atoms with Gasteiger partial charge in [-0.25, -0.2) is 9.97 Å².